The lowest BCUT2D eigenvalue weighted by Gasteiger charge is -2.62. The second-order valence-corrected chi connectivity index (χ2v) is 10.5. The highest BCUT2D eigenvalue weighted by molar-refractivity contribution is 8.00. The Morgan fingerprint density at radius 1 is 1.33 bits per heavy atom. The van der Waals surface area contributed by atoms with E-state index in [0.717, 1.165) is 19.4 Å². The van der Waals surface area contributed by atoms with Crippen molar-refractivity contribution in [3.63, 3.8) is 0 Å². The molecule has 190 valence electrons. The number of aryl methyl sites for hydroxylation is 1. The van der Waals surface area contributed by atoms with Crippen LogP contribution in [0.25, 0.3) is 5.52 Å². The number of anilines is 1. The summed E-state index contributed by atoms with van der Waals surface area (Å²) in [5.41, 5.74) is -3.88. The van der Waals surface area contributed by atoms with Crippen LogP contribution in [0, 0.1) is 17.8 Å². The van der Waals surface area contributed by atoms with Crippen LogP contribution in [0.4, 0.5) is 19.0 Å². The van der Waals surface area contributed by atoms with Gasteiger partial charge in [0.15, 0.2) is 0 Å². The SMILES string of the molecule is C[C@H]1C2C[C@@]1(Nc1cccc3c(SC(F)(F)F)c(C#CCNC(=O)c4cnn(C)c4)nn13)CCN2C. The summed E-state index contributed by atoms with van der Waals surface area (Å²) in [6.07, 6.45) is 4.92. The standard InChI is InChI=1S/C24H26F3N7OS/c1-15-19-12-23(15,9-11-32(19)2)30-20-8-4-7-18-21(36-24(25,26)27)17(31-34(18)20)6-5-10-28-22(35)16-13-29-33(3)14-16/h4,7-8,13-15,19,30H,9-12H2,1-3H3,(H,28,35)/t15-,19?,23-/m0/s1. The summed E-state index contributed by atoms with van der Waals surface area (Å²) in [7, 11) is 3.82. The van der Waals surface area contributed by atoms with Gasteiger partial charge in [-0.05, 0) is 55.6 Å². The topological polar surface area (TPSA) is 79.5 Å². The van der Waals surface area contributed by atoms with Crippen LogP contribution in [0.1, 0.15) is 35.8 Å². The highest BCUT2D eigenvalue weighted by atomic mass is 32.2. The molecule has 8 nitrogen and oxygen atoms in total. The van der Waals surface area contributed by atoms with Crippen LogP contribution >= 0.6 is 11.8 Å². The zero-order valence-electron chi connectivity index (χ0n) is 20.1. The first-order chi connectivity index (χ1) is 17.1. The molecule has 2 aliphatic heterocycles. The molecule has 0 aromatic carbocycles. The number of aromatic nitrogens is 4. The molecule has 36 heavy (non-hydrogen) atoms. The van der Waals surface area contributed by atoms with Crippen LogP contribution < -0.4 is 10.6 Å². The largest absolute Gasteiger partial charge is 0.446 e. The van der Waals surface area contributed by atoms with E-state index in [1.165, 1.54) is 15.4 Å². The molecule has 1 aliphatic carbocycles. The van der Waals surface area contributed by atoms with Crippen molar-refractivity contribution in [1.82, 2.24) is 29.6 Å². The summed E-state index contributed by atoms with van der Waals surface area (Å²) in [6, 6.07) is 5.68. The monoisotopic (exact) mass is 517 g/mol. The van der Waals surface area contributed by atoms with Gasteiger partial charge in [0.05, 0.1) is 28.7 Å². The molecule has 6 rings (SSSR count). The molecule has 1 saturated carbocycles. The Labute approximate surface area is 210 Å². The number of alkyl halides is 3. The highest BCUT2D eigenvalue weighted by Gasteiger charge is 2.56. The number of carbonyl (C=O) groups excluding carboxylic acids is 1. The van der Waals surface area contributed by atoms with Crippen molar-refractivity contribution < 1.29 is 18.0 Å². The Morgan fingerprint density at radius 2 is 2.14 bits per heavy atom. The first kappa shape index (κ1) is 24.5. The fraction of sp³-hybridized carbons (Fsp3) is 0.458. The van der Waals surface area contributed by atoms with Crippen molar-refractivity contribution in [2.45, 2.75) is 41.7 Å². The molecule has 2 saturated heterocycles. The molecule has 3 aromatic rings. The van der Waals surface area contributed by atoms with E-state index < -0.39 is 5.51 Å². The molecule has 12 heteroatoms. The van der Waals surface area contributed by atoms with Gasteiger partial charge in [-0.2, -0.15) is 23.4 Å². The predicted octanol–water partition coefficient (Wildman–Crippen LogP) is 3.36. The third-order valence-electron chi connectivity index (χ3n) is 7.22. The van der Waals surface area contributed by atoms with Crippen molar-refractivity contribution in [2.75, 3.05) is 25.5 Å². The van der Waals surface area contributed by atoms with Crippen molar-refractivity contribution in [3.05, 3.63) is 41.9 Å². The van der Waals surface area contributed by atoms with E-state index in [-0.39, 0.29) is 40.3 Å². The third kappa shape index (κ3) is 4.53. The summed E-state index contributed by atoms with van der Waals surface area (Å²) in [5.74, 6) is 6.15. The third-order valence-corrected chi connectivity index (χ3v) is 8.06. The van der Waals surface area contributed by atoms with Crippen LogP contribution in [0.15, 0.2) is 35.5 Å². The van der Waals surface area contributed by atoms with Crippen LogP contribution in [-0.2, 0) is 7.05 Å². The molecule has 0 spiro atoms. The number of pyridine rings is 1. The van der Waals surface area contributed by atoms with Gasteiger partial charge in [-0.25, -0.2) is 4.52 Å². The van der Waals surface area contributed by atoms with Gasteiger partial charge < -0.3 is 15.5 Å². The molecule has 1 amide bonds. The van der Waals surface area contributed by atoms with E-state index >= 15 is 0 Å². The lowest BCUT2D eigenvalue weighted by molar-refractivity contribution is -0.0389. The molecular weight excluding hydrogens is 491 g/mol. The molecule has 5 heterocycles. The molecule has 3 aliphatic rings. The lowest BCUT2D eigenvalue weighted by atomic mass is 9.58. The van der Waals surface area contributed by atoms with E-state index in [9.17, 15) is 18.0 Å². The average molecular weight is 518 g/mol. The Kier molecular flexibility index (Phi) is 6.16. The molecule has 0 radical (unpaired) electrons. The van der Waals surface area contributed by atoms with Gasteiger partial charge in [-0.1, -0.05) is 18.9 Å². The van der Waals surface area contributed by atoms with Gasteiger partial charge in [0.2, 0.25) is 0 Å². The number of halogens is 3. The first-order valence-corrected chi connectivity index (χ1v) is 12.4. The molecule has 2 bridgehead atoms. The highest BCUT2D eigenvalue weighted by Crippen LogP contribution is 2.50. The summed E-state index contributed by atoms with van der Waals surface area (Å²) < 4.78 is 43.3. The molecular formula is C24H26F3N7OS. The van der Waals surface area contributed by atoms with Crippen molar-refractivity contribution >= 4 is 29.0 Å². The zero-order chi connectivity index (χ0) is 25.7. The number of nitrogens with zero attached hydrogens (tertiary/aromatic N) is 5. The summed E-state index contributed by atoms with van der Waals surface area (Å²) in [6.45, 7) is 3.13. The maximum atomic E-state index is 13.4. The number of hydrogen-bond acceptors (Lipinski definition) is 6. The van der Waals surface area contributed by atoms with Gasteiger partial charge in [-0.3, -0.25) is 9.48 Å². The van der Waals surface area contributed by atoms with Crippen LogP contribution in [-0.4, -0.2) is 67.4 Å². The van der Waals surface area contributed by atoms with Crippen molar-refractivity contribution in [2.24, 2.45) is 13.0 Å². The number of piperidine rings is 2. The minimum atomic E-state index is -4.50. The summed E-state index contributed by atoms with van der Waals surface area (Å²) in [4.78, 5) is 14.5. The van der Waals surface area contributed by atoms with Crippen molar-refractivity contribution in [3.8, 4) is 11.8 Å². The number of amides is 1. The van der Waals surface area contributed by atoms with E-state index in [2.05, 4.69) is 51.5 Å². The van der Waals surface area contributed by atoms with Gasteiger partial charge in [0.1, 0.15) is 11.5 Å². The quantitative estimate of drug-likeness (QED) is 0.399. The first-order valence-electron chi connectivity index (χ1n) is 11.6. The van der Waals surface area contributed by atoms with Crippen LogP contribution in [0.3, 0.4) is 0 Å². The second kappa shape index (κ2) is 9.05. The van der Waals surface area contributed by atoms with Gasteiger partial charge in [-0.15, -0.1) is 0 Å². The lowest BCUT2D eigenvalue weighted by Crippen LogP contribution is -2.70. The fourth-order valence-electron chi connectivity index (χ4n) is 5.17. The summed E-state index contributed by atoms with van der Waals surface area (Å²) in [5, 5.41) is 14.6. The van der Waals surface area contributed by atoms with E-state index in [0.29, 0.717) is 28.9 Å². The zero-order valence-corrected chi connectivity index (χ0v) is 20.9. The van der Waals surface area contributed by atoms with Crippen molar-refractivity contribution in [1.29, 1.82) is 0 Å². The Bertz CT molecular complexity index is 1370. The number of hydrogen-bond donors (Lipinski definition) is 2. The Morgan fingerprint density at radius 3 is 2.81 bits per heavy atom. The van der Waals surface area contributed by atoms with Crippen LogP contribution in [0.5, 0.6) is 0 Å². The molecule has 1 unspecified atom stereocenters. The fourth-order valence-corrected chi connectivity index (χ4v) is 5.85. The number of nitrogens with one attached hydrogen (secondary N) is 2. The number of carbonyl (C=O) groups is 1. The van der Waals surface area contributed by atoms with Gasteiger partial charge in [0.25, 0.3) is 5.91 Å². The number of thioether (sulfide) groups is 1. The predicted molar refractivity (Wildman–Crippen MR) is 131 cm³/mol. The average Bonchev–Trinajstić information content (AvgIpc) is 3.40. The Balaban J connectivity index is 1.41. The second-order valence-electron chi connectivity index (χ2n) is 9.39. The van der Waals surface area contributed by atoms with Crippen LogP contribution in [0.2, 0.25) is 0 Å². The normalized spacial score (nSPS) is 23.6. The molecule has 3 fully saturated rings. The maximum absolute atomic E-state index is 13.4. The maximum Gasteiger partial charge on any atom is 0.446 e. The Hall–Kier alpha value is -3.17. The van der Waals surface area contributed by atoms with Gasteiger partial charge >= 0.3 is 5.51 Å². The minimum absolute atomic E-state index is 0.0163. The van der Waals surface area contributed by atoms with Gasteiger partial charge in [0, 0.05) is 31.4 Å². The molecule has 3 atom stereocenters. The van der Waals surface area contributed by atoms with E-state index in [4.69, 9.17) is 0 Å². The smallest absolute Gasteiger partial charge is 0.364 e. The minimum Gasteiger partial charge on any atom is -0.364 e. The number of rotatable bonds is 5. The van der Waals surface area contributed by atoms with E-state index in [1.54, 1.807) is 25.4 Å². The number of fused-ring (bicyclic) bond motifs is 3. The molecule has 2 N–H and O–H groups in total. The van der Waals surface area contributed by atoms with E-state index in [1.807, 2.05) is 6.07 Å². The molecule has 3 aromatic heterocycles. The summed E-state index contributed by atoms with van der Waals surface area (Å²) >= 11 is -0.227.